The van der Waals surface area contributed by atoms with Crippen molar-refractivity contribution in [2.24, 2.45) is 5.92 Å². The molecule has 1 aliphatic rings. The lowest BCUT2D eigenvalue weighted by atomic mass is 9.81. The van der Waals surface area contributed by atoms with Crippen LogP contribution in [0.25, 0.3) is 0 Å². The average Bonchev–Trinajstić information content (AvgIpc) is 2.79. The number of sulfone groups is 1. The first-order chi connectivity index (χ1) is 9.34. The largest absolute Gasteiger partial charge is 0.389 e. The molecule has 1 aromatic heterocycles. The molecule has 0 radical (unpaired) electrons. The van der Waals surface area contributed by atoms with Crippen molar-refractivity contribution < 1.29 is 13.5 Å². The summed E-state index contributed by atoms with van der Waals surface area (Å²) in [6, 6.07) is 0. The number of hydrogen-bond donors (Lipinski definition) is 1. The SMILES string of the molecule is CCn1ccnc1CS(=O)(=O)CC1(O)CCC(C)CC1. The van der Waals surface area contributed by atoms with Crippen LogP contribution in [0.2, 0.25) is 0 Å². The molecule has 5 nitrogen and oxygen atoms in total. The van der Waals surface area contributed by atoms with Gasteiger partial charge in [-0.2, -0.15) is 0 Å². The van der Waals surface area contributed by atoms with Crippen molar-refractivity contribution in [1.82, 2.24) is 9.55 Å². The molecular formula is C14H24N2O3S. The van der Waals surface area contributed by atoms with Crippen LogP contribution in [-0.4, -0.2) is 34.4 Å². The predicted octanol–water partition coefficient (Wildman–Crippen LogP) is 1.76. The summed E-state index contributed by atoms with van der Waals surface area (Å²) in [5, 5.41) is 10.5. The van der Waals surface area contributed by atoms with Gasteiger partial charge in [0, 0.05) is 18.9 Å². The van der Waals surface area contributed by atoms with Crippen LogP contribution in [-0.2, 0) is 22.1 Å². The van der Waals surface area contributed by atoms with E-state index in [0.717, 1.165) is 12.8 Å². The van der Waals surface area contributed by atoms with E-state index in [1.54, 1.807) is 12.4 Å². The Kier molecular flexibility index (Phi) is 4.54. The molecule has 114 valence electrons. The fourth-order valence-electron chi connectivity index (χ4n) is 2.87. The molecule has 0 unspecified atom stereocenters. The number of hydrogen-bond acceptors (Lipinski definition) is 4. The minimum Gasteiger partial charge on any atom is -0.389 e. The number of nitrogens with zero attached hydrogens (tertiary/aromatic N) is 2. The van der Waals surface area contributed by atoms with Crippen molar-refractivity contribution in [2.75, 3.05) is 5.75 Å². The summed E-state index contributed by atoms with van der Waals surface area (Å²) in [6.45, 7) is 4.80. The van der Waals surface area contributed by atoms with Gasteiger partial charge in [-0.1, -0.05) is 6.92 Å². The van der Waals surface area contributed by atoms with Crippen molar-refractivity contribution in [1.29, 1.82) is 0 Å². The Morgan fingerprint density at radius 1 is 1.45 bits per heavy atom. The Hall–Kier alpha value is -0.880. The van der Waals surface area contributed by atoms with E-state index in [2.05, 4.69) is 11.9 Å². The molecule has 1 heterocycles. The standard InChI is InChI=1S/C14H24N2O3S/c1-3-16-9-8-15-13(16)10-20(18,19)11-14(17)6-4-12(2)5-7-14/h8-9,12,17H,3-7,10-11H2,1-2H3. The predicted molar refractivity (Wildman–Crippen MR) is 78.0 cm³/mol. The van der Waals surface area contributed by atoms with Crippen LogP contribution in [0.4, 0.5) is 0 Å². The highest BCUT2D eigenvalue weighted by Gasteiger charge is 2.36. The lowest BCUT2D eigenvalue weighted by molar-refractivity contribution is 0.0135. The molecule has 0 spiro atoms. The lowest BCUT2D eigenvalue weighted by Crippen LogP contribution is -2.41. The van der Waals surface area contributed by atoms with Crippen LogP contribution < -0.4 is 0 Å². The van der Waals surface area contributed by atoms with Crippen LogP contribution in [0, 0.1) is 5.92 Å². The first kappa shape index (κ1) is 15.5. The molecule has 2 rings (SSSR count). The first-order valence-corrected chi connectivity index (χ1v) is 9.08. The molecule has 1 aromatic rings. The van der Waals surface area contributed by atoms with Crippen LogP contribution in [0.1, 0.15) is 45.4 Å². The van der Waals surface area contributed by atoms with E-state index in [1.165, 1.54) is 0 Å². The van der Waals surface area contributed by atoms with Gasteiger partial charge in [0.25, 0.3) is 0 Å². The lowest BCUT2D eigenvalue weighted by Gasteiger charge is -2.34. The average molecular weight is 300 g/mol. The fraction of sp³-hybridized carbons (Fsp3) is 0.786. The van der Waals surface area contributed by atoms with E-state index in [9.17, 15) is 13.5 Å². The molecule has 1 N–H and O–H groups in total. The monoisotopic (exact) mass is 300 g/mol. The molecule has 1 saturated carbocycles. The quantitative estimate of drug-likeness (QED) is 0.899. The second-order valence-corrected chi connectivity index (χ2v) is 8.13. The maximum atomic E-state index is 12.3. The summed E-state index contributed by atoms with van der Waals surface area (Å²) >= 11 is 0. The molecule has 0 aliphatic heterocycles. The number of aryl methyl sites for hydroxylation is 1. The Bertz CT molecular complexity index is 543. The molecule has 20 heavy (non-hydrogen) atoms. The molecule has 0 bridgehead atoms. The Labute approximate surface area is 120 Å². The van der Waals surface area contributed by atoms with Gasteiger partial charge < -0.3 is 9.67 Å². The van der Waals surface area contributed by atoms with Gasteiger partial charge in [-0.05, 0) is 38.5 Å². The van der Waals surface area contributed by atoms with Crippen LogP contribution in [0.15, 0.2) is 12.4 Å². The molecule has 0 aromatic carbocycles. The summed E-state index contributed by atoms with van der Waals surface area (Å²) in [4.78, 5) is 4.10. The Morgan fingerprint density at radius 3 is 2.70 bits per heavy atom. The van der Waals surface area contributed by atoms with Gasteiger partial charge >= 0.3 is 0 Å². The third-order valence-corrected chi connectivity index (χ3v) is 5.86. The smallest absolute Gasteiger partial charge is 0.160 e. The topological polar surface area (TPSA) is 72.2 Å². The molecule has 0 atom stereocenters. The zero-order valence-corrected chi connectivity index (χ0v) is 13.1. The third-order valence-electron chi connectivity index (χ3n) is 4.18. The van der Waals surface area contributed by atoms with Gasteiger partial charge in [-0.3, -0.25) is 0 Å². The summed E-state index contributed by atoms with van der Waals surface area (Å²) in [5.41, 5.74) is -1.05. The zero-order chi connectivity index (χ0) is 14.8. The van der Waals surface area contributed by atoms with E-state index >= 15 is 0 Å². The number of aromatic nitrogens is 2. The van der Waals surface area contributed by atoms with Crippen molar-refractivity contribution in [3.63, 3.8) is 0 Å². The molecule has 1 aliphatic carbocycles. The van der Waals surface area contributed by atoms with E-state index in [0.29, 0.717) is 31.1 Å². The highest BCUT2D eigenvalue weighted by molar-refractivity contribution is 7.90. The summed E-state index contributed by atoms with van der Waals surface area (Å²) in [5.74, 6) is 0.895. The van der Waals surface area contributed by atoms with Crippen molar-refractivity contribution in [2.45, 2.75) is 57.4 Å². The second kappa shape index (κ2) is 5.85. The van der Waals surface area contributed by atoms with E-state index in [1.807, 2.05) is 11.5 Å². The van der Waals surface area contributed by atoms with Gasteiger partial charge in [-0.25, -0.2) is 13.4 Å². The van der Waals surface area contributed by atoms with Crippen LogP contribution >= 0.6 is 0 Å². The van der Waals surface area contributed by atoms with Crippen LogP contribution in [0.5, 0.6) is 0 Å². The number of rotatable bonds is 5. The molecular weight excluding hydrogens is 276 g/mol. The summed E-state index contributed by atoms with van der Waals surface area (Å²) < 4.78 is 26.4. The summed E-state index contributed by atoms with van der Waals surface area (Å²) in [7, 11) is -3.35. The molecule has 1 fully saturated rings. The van der Waals surface area contributed by atoms with Crippen molar-refractivity contribution in [3.05, 3.63) is 18.2 Å². The van der Waals surface area contributed by atoms with Crippen LogP contribution in [0.3, 0.4) is 0 Å². The van der Waals surface area contributed by atoms with Gasteiger partial charge in [0.15, 0.2) is 9.84 Å². The van der Waals surface area contributed by atoms with E-state index < -0.39 is 15.4 Å². The van der Waals surface area contributed by atoms with E-state index in [4.69, 9.17) is 0 Å². The molecule has 0 amide bonds. The zero-order valence-electron chi connectivity index (χ0n) is 12.2. The minimum absolute atomic E-state index is 0.0916. The van der Waals surface area contributed by atoms with Crippen molar-refractivity contribution in [3.8, 4) is 0 Å². The van der Waals surface area contributed by atoms with Gasteiger partial charge in [-0.15, -0.1) is 0 Å². The van der Waals surface area contributed by atoms with Gasteiger partial charge in [0.05, 0.1) is 11.4 Å². The highest BCUT2D eigenvalue weighted by Crippen LogP contribution is 2.33. The Balaban J connectivity index is 2.04. The fourth-order valence-corrected chi connectivity index (χ4v) is 4.71. The maximum Gasteiger partial charge on any atom is 0.160 e. The second-order valence-electron chi connectivity index (χ2n) is 6.07. The highest BCUT2D eigenvalue weighted by atomic mass is 32.2. The minimum atomic E-state index is -3.35. The van der Waals surface area contributed by atoms with E-state index in [-0.39, 0.29) is 11.5 Å². The van der Waals surface area contributed by atoms with Gasteiger partial charge in [0.1, 0.15) is 11.6 Å². The third kappa shape index (κ3) is 3.82. The Morgan fingerprint density at radius 2 is 2.10 bits per heavy atom. The normalized spacial score (nSPS) is 27.6. The maximum absolute atomic E-state index is 12.3. The van der Waals surface area contributed by atoms with Crippen molar-refractivity contribution >= 4 is 9.84 Å². The first-order valence-electron chi connectivity index (χ1n) is 7.26. The molecule has 0 saturated heterocycles. The molecule has 6 heteroatoms. The number of imidazole rings is 1. The number of aliphatic hydroxyl groups is 1. The summed E-state index contributed by atoms with van der Waals surface area (Å²) in [6.07, 6.45) is 6.35. The van der Waals surface area contributed by atoms with Gasteiger partial charge in [0.2, 0.25) is 0 Å².